The molecule has 2 N–H and O–H groups in total. The zero-order valence-corrected chi connectivity index (χ0v) is 10.7. The topological polar surface area (TPSA) is 56.2 Å². The Kier molecular flexibility index (Phi) is 2.23. The van der Waals surface area contributed by atoms with Crippen LogP contribution in [0.1, 0.15) is 0 Å². The number of nitrogens with two attached hydrogens (primary N) is 1. The Morgan fingerprint density at radius 1 is 0.850 bits per heavy atom. The normalized spacial score (nSPS) is 11.2. The molecule has 0 aliphatic rings. The average molecular weight is 260 g/mol. The SMILES string of the molecule is Nc1cc2ccccc2cc1-c1nnc2ccccn12. The molecule has 4 rings (SSSR count). The largest absolute Gasteiger partial charge is 0.398 e. The van der Waals surface area contributed by atoms with E-state index in [0.717, 1.165) is 27.8 Å². The van der Waals surface area contributed by atoms with Crippen molar-refractivity contribution in [2.24, 2.45) is 0 Å². The first-order chi connectivity index (χ1) is 9.83. The quantitative estimate of drug-likeness (QED) is 0.535. The smallest absolute Gasteiger partial charge is 0.170 e. The van der Waals surface area contributed by atoms with Crippen LogP contribution in [-0.2, 0) is 0 Å². The van der Waals surface area contributed by atoms with Crippen LogP contribution in [0.4, 0.5) is 5.69 Å². The Morgan fingerprint density at radius 3 is 2.45 bits per heavy atom. The molecule has 0 aliphatic carbocycles. The lowest BCUT2D eigenvalue weighted by atomic mass is 10.0. The van der Waals surface area contributed by atoms with Crippen LogP contribution in [0.3, 0.4) is 0 Å². The van der Waals surface area contributed by atoms with Gasteiger partial charge in [-0.15, -0.1) is 10.2 Å². The molecule has 0 radical (unpaired) electrons. The van der Waals surface area contributed by atoms with Gasteiger partial charge in [0.25, 0.3) is 0 Å². The summed E-state index contributed by atoms with van der Waals surface area (Å²) in [6.45, 7) is 0. The predicted molar refractivity (Wildman–Crippen MR) is 80.3 cm³/mol. The van der Waals surface area contributed by atoms with E-state index in [1.54, 1.807) is 0 Å². The van der Waals surface area contributed by atoms with Gasteiger partial charge < -0.3 is 5.73 Å². The van der Waals surface area contributed by atoms with E-state index < -0.39 is 0 Å². The van der Waals surface area contributed by atoms with Gasteiger partial charge in [-0.3, -0.25) is 4.40 Å². The van der Waals surface area contributed by atoms with Crippen molar-refractivity contribution in [1.29, 1.82) is 0 Å². The number of aromatic nitrogens is 3. The van der Waals surface area contributed by atoms with Crippen molar-refractivity contribution < 1.29 is 0 Å². The van der Waals surface area contributed by atoms with Crippen LogP contribution in [0.25, 0.3) is 27.8 Å². The van der Waals surface area contributed by atoms with Gasteiger partial charge >= 0.3 is 0 Å². The standard InChI is InChI=1S/C16H12N4/c17-14-10-12-6-2-1-5-11(12)9-13(14)16-19-18-15-7-3-4-8-20(15)16/h1-10H,17H2. The van der Waals surface area contributed by atoms with Crippen molar-refractivity contribution in [3.63, 3.8) is 0 Å². The van der Waals surface area contributed by atoms with Crippen molar-refractivity contribution in [3.05, 3.63) is 60.8 Å². The Labute approximate surface area is 115 Å². The molecule has 0 fully saturated rings. The molecule has 0 saturated heterocycles. The third-order valence-corrected chi connectivity index (χ3v) is 3.47. The Hall–Kier alpha value is -2.88. The fourth-order valence-electron chi connectivity index (χ4n) is 2.48. The molecule has 0 aliphatic heterocycles. The zero-order chi connectivity index (χ0) is 13.5. The highest BCUT2D eigenvalue weighted by atomic mass is 15.2. The molecule has 4 nitrogen and oxygen atoms in total. The molecule has 0 spiro atoms. The number of rotatable bonds is 1. The van der Waals surface area contributed by atoms with Crippen molar-refractivity contribution >= 4 is 22.1 Å². The van der Waals surface area contributed by atoms with E-state index >= 15 is 0 Å². The number of anilines is 1. The molecule has 4 heteroatoms. The van der Waals surface area contributed by atoms with Crippen LogP contribution in [0, 0.1) is 0 Å². The molecule has 0 saturated carbocycles. The maximum absolute atomic E-state index is 6.19. The van der Waals surface area contributed by atoms with Crippen LogP contribution in [0.5, 0.6) is 0 Å². The van der Waals surface area contributed by atoms with Crippen LogP contribution in [-0.4, -0.2) is 14.6 Å². The number of hydrogen-bond acceptors (Lipinski definition) is 3. The van der Waals surface area contributed by atoms with Crippen LogP contribution < -0.4 is 5.73 Å². The number of benzene rings is 2. The molecule has 4 aromatic rings. The third kappa shape index (κ3) is 1.55. The van der Waals surface area contributed by atoms with E-state index in [1.807, 2.05) is 47.0 Å². The summed E-state index contributed by atoms with van der Waals surface area (Å²) in [5, 5.41) is 10.7. The first-order valence-corrected chi connectivity index (χ1v) is 6.41. The van der Waals surface area contributed by atoms with Crippen LogP contribution in [0.15, 0.2) is 60.8 Å². The summed E-state index contributed by atoms with van der Waals surface area (Å²) in [7, 11) is 0. The molecule has 0 bridgehead atoms. The third-order valence-electron chi connectivity index (χ3n) is 3.47. The second-order valence-corrected chi connectivity index (χ2v) is 4.74. The molecular weight excluding hydrogens is 248 g/mol. The van der Waals surface area contributed by atoms with E-state index in [1.165, 1.54) is 0 Å². The van der Waals surface area contributed by atoms with E-state index in [-0.39, 0.29) is 0 Å². The fourth-order valence-corrected chi connectivity index (χ4v) is 2.48. The number of nitrogen functional groups attached to an aromatic ring is 1. The number of nitrogens with zero attached hydrogens (tertiary/aromatic N) is 3. The van der Waals surface area contributed by atoms with E-state index in [9.17, 15) is 0 Å². The number of fused-ring (bicyclic) bond motifs is 2. The van der Waals surface area contributed by atoms with Gasteiger partial charge in [0.1, 0.15) is 0 Å². The molecule has 0 amide bonds. The minimum Gasteiger partial charge on any atom is -0.398 e. The summed E-state index contributed by atoms with van der Waals surface area (Å²) in [5.74, 6) is 0.767. The van der Waals surface area contributed by atoms with Gasteiger partial charge in [0.15, 0.2) is 11.5 Å². The number of pyridine rings is 1. The van der Waals surface area contributed by atoms with E-state index in [4.69, 9.17) is 5.73 Å². The minimum atomic E-state index is 0.710. The first-order valence-electron chi connectivity index (χ1n) is 6.41. The van der Waals surface area contributed by atoms with Gasteiger partial charge in [-0.25, -0.2) is 0 Å². The first kappa shape index (κ1) is 11.0. The van der Waals surface area contributed by atoms with E-state index in [2.05, 4.69) is 28.4 Å². The molecule has 96 valence electrons. The Balaban J connectivity index is 2.04. The predicted octanol–water partition coefficient (Wildman–Crippen LogP) is 3.13. The summed E-state index contributed by atoms with van der Waals surface area (Å²) in [6.07, 6.45) is 1.94. The van der Waals surface area contributed by atoms with Crippen molar-refractivity contribution in [3.8, 4) is 11.4 Å². The fraction of sp³-hybridized carbons (Fsp3) is 0. The Morgan fingerprint density at radius 2 is 1.60 bits per heavy atom. The highest BCUT2D eigenvalue weighted by Crippen LogP contribution is 2.29. The van der Waals surface area contributed by atoms with E-state index in [0.29, 0.717) is 5.69 Å². The monoisotopic (exact) mass is 260 g/mol. The van der Waals surface area contributed by atoms with Gasteiger partial charge in [-0.05, 0) is 35.0 Å². The van der Waals surface area contributed by atoms with Gasteiger partial charge in [-0.1, -0.05) is 30.3 Å². The summed E-state index contributed by atoms with van der Waals surface area (Å²) < 4.78 is 1.94. The average Bonchev–Trinajstić information content (AvgIpc) is 2.90. The second kappa shape index (κ2) is 4.06. The summed E-state index contributed by atoms with van der Waals surface area (Å²) in [6, 6.07) is 18.0. The molecule has 0 unspecified atom stereocenters. The molecule has 0 atom stereocenters. The van der Waals surface area contributed by atoms with Crippen LogP contribution >= 0.6 is 0 Å². The van der Waals surface area contributed by atoms with Crippen molar-refractivity contribution in [2.75, 3.05) is 5.73 Å². The highest BCUT2D eigenvalue weighted by molar-refractivity contribution is 5.92. The molecular formula is C16H12N4. The number of hydrogen-bond donors (Lipinski definition) is 1. The lowest BCUT2D eigenvalue weighted by Crippen LogP contribution is -1.95. The van der Waals surface area contributed by atoms with Gasteiger partial charge in [0.05, 0.1) is 0 Å². The lowest BCUT2D eigenvalue weighted by molar-refractivity contribution is 1.11. The van der Waals surface area contributed by atoms with Crippen molar-refractivity contribution in [2.45, 2.75) is 0 Å². The van der Waals surface area contributed by atoms with Gasteiger partial charge in [-0.2, -0.15) is 0 Å². The highest BCUT2D eigenvalue weighted by Gasteiger charge is 2.11. The maximum atomic E-state index is 6.19. The van der Waals surface area contributed by atoms with Gasteiger partial charge in [0, 0.05) is 17.4 Å². The van der Waals surface area contributed by atoms with Crippen LogP contribution in [0.2, 0.25) is 0 Å². The molecule has 2 heterocycles. The maximum Gasteiger partial charge on any atom is 0.170 e. The van der Waals surface area contributed by atoms with Crippen molar-refractivity contribution in [1.82, 2.24) is 14.6 Å². The summed E-state index contributed by atoms with van der Waals surface area (Å²) in [4.78, 5) is 0. The Bertz CT molecular complexity index is 924. The molecule has 2 aromatic carbocycles. The zero-order valence-electron chi connectivity index (χ0n) is 10.7. The summed E-state index contributed by atoms with van der Waals surface area (Å²) in [5.41, 5.74) is 8.62. The summed E-state index contributed by atoms with van der Waals surface area (Å²) >= 11 is 0. The lowest BCUT2D eigenvalue weighted by Gasteiger charge is -2.06. The molecule has 2 aromatic heterocycles. The second-order valence-electron chi connectivity index (χ2n) is 4.74. The van der Waals surface area contributed by atoms with Gasteiger partial charge in [0.2, 0.25) is 0 Å². The molecule has 20 heavy (non-hydrogen) atoms. The minimum absolute atomic E-state index is 0.710.